The summed E-state index contributed by atoms with van der Waals surface area (Å²) >= 11 is 0. The van der Waals surface area contributed by atoms with Crippen molar-refractivity contribution in [2.75, 3.05) is 6.61 Å². The van der Waals surface area contributed by atoms with Crippen molar-refractivity contribution < 1.29 is 10.2 Å². The SMILES string of the molecule is OC[C@@H]1CCCC[C@@]1(O)c1ccccc1. The van der Waals surface area contributed by atoms with E-state index in [1.165, 1.54) is 0 Å². The second-order valence-electron chi connectivity index (χ2n) is 4.42. The van der Waals surface area contributed by atoms with Crippen molar-refractivity contribution in [1.29, 1.82) is 0 Å². The summed E-state index contributed by atoms with van der Waals surface area (Å²) in [5.41, 5.74) is 0.137. The van der Waals surface area contributed by atoms with E-state index in [2.05, 4.69) is 0 Å². The second-order valence-corrected chi connectivity index (χ2v) is 4.42. The molecule has 1 aromatic carbocycles. The van der Waals surface area contributed by atoms with Crippen molar-refractivity contribution in [2.24, 2.45) is 5.92 Å². The van der Waals surface area contributed by atoms with Crippen LogP contribution in [0, 0.1) is 5.92 Å². The summed E-state index contributed by atoms with van der Waals surface area (Å²) in [6.45, 7) is 0.0748. The molecular weight excluding hydrogens is 188 g/mol. The molecule has 0 amide bonds. The molecule has 0 spiro atoms. The monoisotopic (exact) mass is 206 g/mol. The Kier molecular flexibility index (Phi) is 3.08. The Morgan fingerprint density at radius 1 is 1.20 bits per heavy atom. The van der Waals surface area contributed by atoms with E-state index in [9.17, 15) is 10.2 Å². The molecule has 0 heterocycles. The Morgan fingerprint density at radius 3 is 2.60 bits per heavy atom. The van der Waals surface area contributed by atoms with E-state index >= 15 is 0 Å². The van der Waals surface area contributed by atoms with Gasteiger partial charge in [0, 0.05) is 12.5 Å². The first-order chi connectivity index (χ1) is 7.27. The third-order valence-corrected chi connectivity index (χ3v) is 3.53. The first-order valence-electron chi connectivity index (χ1n) is 5.66. The first kappa shape index (κ1) is 10.7. The number of aliphatic hydroxyl groups excluding tert-OH is 1. The third kappa shape index (κ3) is 1.92. The fraction of sp³-hybridized carbons (Fsp3) is 0.538. The van der Waals surface area contributed by atoms with E-state index in [1.54, 1.807) is 0 Å². The molecule has 0 bridgehead atoms. The van der Waals surface area contributed by atoms with Crippen LogP contribution in [0.4, 0.5) is 0 Å². The minimum Gasteiger partial charge on any atom is -0.396 e. The van der Waals surface area contributed by atoms with E-state index in [4.69, 9.17) is 0 Å². The van der Waals surface area contributed by atoms with Crippen LogP contribution >= 0.6 is 0 Å². The maximum Gasteiger partial charge on any atom is 0.0946 e. The number of hydrogen-bond donors (Lipinski definition) is 2. The molecule has 0 unspecified atom stereocenters. The van der Waals surface area contributed by atoms with Crippen LogP contribution in [0.2, 0.25) is 0 Å². The quantitative estimate of drug-likeness (QED) is 0.777. The fourth-order valence-electron chi connectivity index (χ4n) is 2.58. The third-order valence-electron chi connectivity index (χ3n) is 3.53. The molecular formula is C13H18O2. The molecule has 15 heavy (non-hydrogen) atoms. The van der Waals surface area contributed by atoms with Crippen LogP contribution in [-0.2, 0) is 5.60 Å². The van der Waals surface area contributed by atoms with Gasteiger partial charge in [0.1, 0.15) is 0 Å². The summed E-state index contributed by atoms with van der Waals surface area (Å²) in [6, 6.07) is 9.73. The van der Waals surface area contributed by atoms with Gasteiger partial charge in [-0.3, -0.25) is 0 Å². The van der Waals surface area contributed by atoms with Crippen LogP contribution in [0.15, 0.2) is 30.3 Å². The van der Waals surface area contributed by atoms with E-state index in [-0.39, 0.29) is 12.5 Å². The van der Waals surface area contributed by atoms with Crippen molar-refractivity contribution in [3.05, 3.63) is 35.9 Å². The standard InChI is InChI=1S/C13H18O2/c14-10-12-8-4-5-9-13(12,15)11-6-2-1-3-7-11/h1-3,6-7,12,14-15H,4-5,8-10H2/t12-,13+/m0/s1. The molecule has 1 fully saturated rings. The predicted octanol–water partition coefficient (Wildman–Crippen LogP) is 2.06. The molecule has 1 saturated carbocycles. The normalized spacial score (nSPS) is 31.5. The highest BCUT2D eigenvalue weighted by atomic mass is 16.3. The van der Waals surface area contributed by atoms with Crippen LogP contribution in [0.3, 0.4) is 0 Å². The highest BCUT2D eigenvalue weighted by molar-refractivity contribution is 5.23. The smallest absolute Gasteiger partial charge is 0.0946 e. The van der Waals surface area contributed by atoms with E-state index < -0.39 is 5.60 Å². The average molecular weight is 206 g/mol. The number of benzene rings is 1. The predicted molar refractivity (Wildman–Crippen MR) is 59.4 cm³/mol. The molecule has 2 atom stereocenters. The molecule has 0 radical (unpaired) electrons. The highest BCUT2D eigenvalue weighted by Crippen LogP contribution is 2.41. The zero-order valence-electron chi connectivity index (χ0n) is 8.89. The van der Waals surface area contributed by atoms with Gasteiger partial charge in [-0.05, 0) is 18.4 Å². The molecule has 1 aromatic rings. The topological polar surface area (TPSA) is 40.5 Å². The molecule has 2 heteroatoms. The van der Waals surface area contributed by atoms with Gasteiger partial charge in [-0.15, -0.1) is 0 Å². The lowest BCUT2D eigenvalue weighted by atomic mass is 9.72. The summed E-state index contributed by atoms with van der Waals surface area (Å²) in [7, 11) is 0. The number of rotatable bonds is 2. The lowest BCUT2D eigenvalue weighted by molar-refractivity contribution is -0.0729. The lowest BCUT2D eigenvalue weighted by Gasteiger charge is -2.39. The molecule has 1 aliphatic rings. The molecule has 0 aromatic heterocycles. The molecule has 2 N–H and O–H groups in total. The van der Waals surface area contributed by atoms with E-state index in [1.807, 2.05) is 30.3 Å². The van der Waals surface area contributed by atoms with Crippen molar-refractivity contribution in [3.8, 4) is 0 Å². The molecule has 0 aliphatic heterocycles. The summed E-state index contributed by atoms with van der Waals surface area (Å²) in [4.78, 5) is 0. The van der Waals surface area contributed by atoms with Gasteiger partial charge in [0.15, 0.2) is 0 Å². The van der Waals surface area contributed by atoms with Crippen molar-refractivity contribution in [3.63, 3.8) is 0 Å². The van der Waals surface area contributed by atoms with Gasteiger partial charge in [-0.1, -0.05) is 43.2 Å². The van der Waals surface area contributed by atoms with E-state index in [0.29, 0.717) is 0 Å². The molecule has 2 rings (SSSR count). The van der Waals surface area contributed by atoms with Gasteiger partial charge < -0.3 is 10.2 Å². The Hall–Kier alpha value is -0.860. The summed E-state index contributed by atoms with van der Waals surface area (Å²) in [6.07, 6.45) is 3.84. The van der Waals surface area contributed by atoms with Gasteiger partial charge in [0.2, 0.25) is 0 Å². The second kappa shape index (κ2) is 4.33. The molecule has 82 valence electrons. The molecule has 2 nitrogen and oxygen atoms in total. The van der Waals surface area contributed by atoms with Crippen LogP contribution in [0.1, 0.15) is 31.2 Å². The highest BCUT2D eigenvalue weighted by Gasteiger charge is 2.39. The lowest BCUT2D eigenvalue weighted by Crippen LogP contribution is -2.39. The minimum atomic E-state index is -0.811. The first-order valence-corrected chi connectivity index (χ1v) is 5.66. The number of hydrogen-bond acceptors (Lipinski definition) is 2. The largest absolute Gasteiger partial charge is 0.396 e. The summed E-state index contributed by atoms with van der Waals surface area (Å²) in [5, 5.41) is 20.0. The van der Waals surface area contributed by atoms with Crippen LogP contribution < -0.4 is 0 Å². The maximum absolute atomic E-state index is 10.6. The summed E-state index contributed by atoms with van der Waals surface area (Å²) < 4.78 is 0. The Balaban J connectivity index is 2.30. The average Bonchev–Trinajstić information content (AvgIpc) is 2.31. The zero-order chi connectivity index (χ0) is 10.7. The Labute approximate surface area is 90.6 Å². The van der Waals surface area contributed by atoms with Crippen molar-refractivity contribution in [2.45, 2.75) is 31.3 Å². The van der Waals surface area contributed by atoms with Gasteiger partial charge in [-0.2, -0.15) is 0 Å². The van der Waals surface area contributed by atoms with Crippen LogP contribution in [0.5, 0.6) is 0 Å². The van der Waals surface area contributed by atoms with Gasteiger partial charge in [-0.25, -0.2) is 0 Å². The van der Waals surface area contributed by atoms with Crippen molar-refractivity contribution in [1.82, 2.24) is 0 Å². The van der Waals surface area contributed by atoms with Gasteiger partial charge in [0.05, 0.1) is 5.60 Å². The van der Waals surface area contributed by atoms with Gasteiger partial charge >= 0.3 is 0 Å². The maximum atomic E-state index is 10.6. The van der Waals surface area contributed by atoms with Crippen molar-refractivity contribution >= 4 is 0 Å². The van der Waals surface area contributed by atoms with E-state index in [0.717, 1.165) is 31.2 Å². The number of aliphatic hydroxyl groups is 2. The fourth-order valence-corrected chi connectivity index (χ4v) is 2.58. The zero-order valence-corrected chi connectivity index (χ0v) is 8.89. The van der Waals surface area contributed by atoms with Crippen LogP contribution in [0.25, 0.3) is 0 Å². The molecule has 0 saturated heterocycles. The minimum absolute atomic E-state index is 0.00588. The Bertz CT molecular complexity index is 310. The molecule has 1 aliphatic carbocycles. The summed E-state index contributed by atoms with van der Waals surface area (Å²) in [5.74, 6) is -0.00588. The van der Waals surface area contributed by atoms with Gasteiger partial charge in [0.25, 0.3) is 0 Å². The Morgan fingerprint density at radius 2 is 1.93 bits per heavy atom. The van der Waals surface area contributed by atoms with Crippen LogP contribution in [-0.4, -0.2) is 16.8 Å².